The minimum Gasteiger partial charge on any atom is -0.394 e. The van der Waals surface area contributed by atoms with E-state index in [1.807, 2.05) is 0 Å². The standard InChI is InChI=1S/C23H44O5/c1-2-3-4-5-6-7-8-9-10-11-12-13-14-15-16-17-27-21-19-28-20(18-24)22(25)23(21)26/h7-8,20-26H,2-6,9-19H2,1H3/b8-7+/t20-,21+,22-,23-/m0/s1. The molecular weight excluding hydrogens is 356 g/mol. The lowest BCUT2D eigenvalue weighted by Crippen LogP contribution is -2.55. The van der Waals surface area contributed by atoms with Crippen LogP contribution in [0.4, 0.5) is 0 Å². The van der Waals surface area contributed by atoms with Gasteiger partial charge in [0, 0.05) is 6.61 Å². The minimum atomic E-state index is -1.08. The van der Waals surface area contributed by atoms with Crippen LogP contribution in [0.5, 0.6) is 0 Å². The van der Waals surface area contributed by atoms with E-state index in [1.165, 1.54) is 70.6 Å². The van der Waals surface area contributed by atoms with Crippen LogP contribution in [0.3, 0.4) is 0 Å². The Morgan fingerprint density at radius 2 is 1.39 bits per heavy atom. The molecule has 1 aliphatic heterocycles. The Morgan fingerprint density at radius 1 is 0.821 bits per heavy atom. The lowest BCUT2D eigenvalue weighted by Gasteiger charge is -2.36. The third-order valence-electron chi connectivity index (χ3n) is 5.50. The molecule has 1 aliphatic rings. The van der Waals surface area contributed by atoms with Crippen molar-refractivity contribution in [3.05, 3.63) is 12.2 Å². The van der Waals surface area contributed by atoms with Crippen LogP contribution in [-0.4, -0.2) is 59.6 Å². The van der Waals surface area contributed by atoms with E-state index < -0.39 is 24.4 Å². The van der Waals surface area contributed by atoms with E-state index in [9.17, 15) is 10.2 Å². The molecule has 0 radical (unpaired) electrons. The lowest BCUT2D eigenvalue weighted by molar-refractivity contribution is -0.208. The first-order valence-electron chi connectivity index (χ1n) is 11.6. The largest absolute Gasteiger partial charge is 0.394 e. The van der Waals surface area contributed by atoms with Crippen molar-refractivity contribution in [3.63, 3.8) is 0 Å². The van der Waals surface area contributed by atoms with Gasteiger partial charge < -0.3 is 24.8 Å². The molecule has 0 saturated carbocycles. The van der Waals surface area contributed by atoms with Crippen LogP contribution in [0, 0.1) is 0 Å². The quantitative estimate of drug-likeness (QED) is 0.253. The highest BCUT2D eigenvalue weighted by Gasteiger charge is 2.38. The van der Waals surface area contributed by atoms with Gasteiger partial charge in [0.15, 0.2) is 0 Å². The molecule has 0 aromatic rings. The van der Waals surface area contributed by atoms with Gasteiger partial charge >= 0.3 is 0 Å². The van der Waals surface area contributed by atoms with Gasteiger partial charge in [-0.25, -0.2) is 0 Å². The highest BCUT2D eigenvalue weighted by Crippen LogP contribution is 2.18. The summed E-state index contributed by atoms with van der Waals surface area (Å²) in [5.74, 6) is 0. The minimum absolute atomic E-state index is 0.219. The number of ether oxygens (including phenoxy) is 2. The van der Waals surface area contributed by atoms with Gasteiger partial charge in [-0.05, 0) is 32.1 Å². The molecule has 1 fully saturated rings. The molecule has 0 amide bonds. The maximum atomic E-state index is 9.99. The van der Waals surface area contributed by atoms with Crippen molar-refractivity contribution in [1.29, 1.82) is 0 Å². The second kappa shape index (κ2) is 17.4. The topological polar surface area (TPSA) is 79.2 Å². The average Bonchev–Trinajstić information content (AvgIpc) is 2.70. The van der Waals surface area contributed by atoms with Crippen LogP contribution in [0.15, 0.2) is 12.2 Å². The zero-order valence-electron chi connectivity index (χ0n) is 17.9. The molecule has 4 atom stereocenters. The summed E-state index contributed by atoms with van der Waals surface area (Å²) < 4.78 is 11.0. The van der Waals surface area contributed by atoms with Crippen molar-refractivity contribution in [3.8, 4) is 0 Å². The number of allylic oxidation sites excluding steroid dienone is 2. The molecule has 0 bridgehead atoms. The van der Waals surface area contributed by atoms with Crippen molar-refractivity contribution in [2.24, 2.45) is 0 Å². The molecular formula is C23H44O5. The molecule has 0 spiro atoms. The van der Waals surface area contributed by atoms with Crippen molar-refractivity contribution in [1.82, 2.24) is 0 Å². The molecule has 0 unspecified atom stereocenters. The zero-order valence-corrected chi connectivity index (χ0v) is 17.9. The Morgan fingerprint density at radius 3 is 2.00 bits per heavy atom. The highest BCUT2D eigenvalue weighted by molar-refractivity contribution is 4.87. The number of aliphatic hydroxyl groups is 3. The second-order valence-corrected chi connectivity index (χ2v) is 8.03. The van der Waals surface area contributed by atoms with Crippen LogP contribution in [0.1, 0.15) is 90.4 Å². The zero-order chi connectivity index (χ0) is 20.5. The molecule has 166 valence electrons. The Hall–Kier alpha value is -0.460. The maximum Gasteiger partial charge on any atom is 0.111 e. The summed E-state index contributed by atoms with van der Waals surface area (Å²) in [7, 11) is 0. The van der Waals surface area contributed by atoms with Crippen molar-refractivity contribution in [2.75, 3.05) is 19.8 Å². The Kier molecular flexibility index (Phi) is 15.9. The summed E-state index contributed by atoms with van der Waals surface area (Å²) in [4.78, 5) is 0. The van der Waals surface area contributed by atoms with E-state index in [-0.39, 0.29) is 13.2 Å². The summed E-state index contributed by atoms with van der Waals surface area (Å²) in [6, 6.07) is 0. The molecule has 0 aromatic carbocycles. The predicted molar refractivity (Wildman–Crippen MR) is 113 cm³/mol. The number of hydrogen-bond acceptors (Lipinski definition) is 5. The first-order valence-corrected chi connectivity index (χ1v) is 11.6. The second-order valence-electron chi connectivity index (χ2n) is 8.03. The van der Waals surface area contributed by atoms with Gasteiger partial charge in [0.25, 0.3) is 0 Å². The van der Waals surface area contributed by atoms with E-state index in [4.69, 9.17) is 14.6 Å². The molecule has 1 rings (SSSR count). The van der Waals surface area contributed by atoms with E-state index >= 15 is 0 Å². The van der Waals surface area contributed by atoms with Gasteiger partial charge in [-0.15, -0.1) is 0 Å². The van der Waals surface area contributed by atoms with Crippen LogP contribution >= 0.6 is 0 Å². The first kappa shape index (κ1) is 25.6. The van der Waals surface area contributed by atoms with Gasteiger partial charge in [-0.2, -0.15) is 0 Å². The van der Waals surface area contributed by atoms with Gasteiger partial charge in [0.05, 0.1) is 13.2 Å². The molecule has 5 heteroatoms. The molecule has 5 nitrogen and oxygen atoms in total. The summed E-state index contributed by atoms with van der Waals surface area (Å²) >= 11 is 0. The summed E-state index contributed by atoms with van der Waals surface area (Å²) in [6.07, 6.45) is 17.8. The van der Waals surface area contributed by atoms with Crippen LogP contribution in [-0.2, 0) is 9.47 Å². The van der Waals surface area contributed by atoms with E-state index in [0.29, 0.717) is 6.61 Å². The van der Waals surface area contributed by atoms with Crippen LogP contribution in [0.2, 0.25) is 0 Å². The maximum absolute atomic E-state index is 9.99. The molecule has 0 aliphatic carbocycles. The fourth-order valence-electron chi connectivity index (χ4n) is 3.57. The van der Waals surface area contributed by atoms with Gasteiger partial charge in [-0.3, -0.25) is 0 Å². The Bertz CT molecular complexity index is 374. The molecule has 3 N–H and O–H groups in total. The predicted octanol–water partition coefficient (Wildman–Crippen LogP) is 4.13. The fraction of sp³-hybridized carbons (Fsp3) is 0.913. The number of rotatable bonds is 17. The summed E-state index contributed by atoms with van der Waals surface area (Å²) in [6.45, 7) is 2.75. The third kappa shape index (κ3) is 11.5. The van der Waals surface area contributed by atoms with E-state index in [2.05, 4.69) is 19.1 Å². The average molecular weight is 401 g/mol. The normalized spacial score (nSPS) is 25.6. The monoisotopic (exact) mass is 400 g/mol. The van der Waals surface area contributed by atoms with Crippen molar-refractivity contribution in [2.45, 2.75) is 115 Å². The highest BCUT2D eigenvalue weighted by atomic mass is 16.6. The van der Waals surface area contributed by atoms with Crippen LogP contribution in [0.25, 0.3) is 0 Å². The first-order chi connectivity index (χ1) is 13.7. The smallest absolute Gasteiger partial charge is 0.111 e. The molecule has 1 heterocycles. The Balaban J connectivity index is 1.85. The van der Waals surface area contributed by atoms with Crippen molar-refractivity contribution < 1.29 is 24.8 Å². The summed E-state index contributed by atoms with van der Waals surface area (Å²) in [5.41, 5.74) is 0. The molecule has 1 saturated heterocycles. The van der Waals surface area contributed by atoms with Crippen LogP contribution < -0.4 is 0 Å². The van der Waals surface area contributed by atoms with Gasteiger partial charge in [0.2, 0.25) is 0 Å². The van der Waals surface area contributed by atoms with E-state index in [1.54, 1.807) is 0 Å². The van der Waals surface area contributed by atoms with Gasteiger partial charge in [0.1, 0.15) is 24.4 Å². The fourth-order valence-corrected chi connectivity index (χ4v) is 3.57. The van der Waals surface area contributed by atoms with Crippen molar-refractivity contribution >= 4 is 0 Å². The van der Waals surface area contributed by atoms with E-state index in [0.717, 1.165) is 12.8 Å². The number of hydrogen-bond donors (Lipinski definition) is 3. The number of unbranched alkanes of at least 4 members (excludes halogenated alkanes) is 11. The summed E-state index contributed by atoms with van der Waals surface area (Å²) in [5, 5.41) is 28.9. The molecule has 28 heavy (non-hydrogen) atoms. The Labute approximate surface area is 172 Å². The lowest BCUT2D eigenvalue weighted by atomic mass is 10.0. The van der Waals surface area contributed by atoms with Gasteiger partial charge in [-0.1, -0.05) is 70.4 Å². The SMILES string of the molecule is CCCCCC/C=C/CCCCCCCCCO[C@@H]1CO[C@@H](CO)[C@H](O)[C@H]1O. The molecule has 0 aromatic heterocycles. The third-order valence-corrected chi connectivity index (χ3v) is 5.50. The number of aliphatic hydroxyl groups excluding tert-OH is 3.